The molecule has 3 aliphatic rings. The summed E-state index contributed by atoms with van der Waals surface area (Å²) in [5.74, 6) is 3.09. The predicted octanol–water partition coefficient (Wildman–Crippen LogP) is 4.14. The minimum atomic E-state index is 0.150. The molecule has 116 valence electrons. The van der Waals surface area contributed by atoms with E-state index in [0.29, 0.717) is 6.04 Å². The normalized spacial score (nSPS) is 36.6. The van der Waals surface area contributed by atoms with Gasteiger partial charge in [-0.05, 0) is 69.2 Å². The van der Waals surface area contributed by atoms with Crippen molar-refractivity contribution >= 4 is 0 Å². The van der Waals surface area contributed by atoms with Crippen LogP contribution < -0.4 is 5.32 Å². The second-order valence-electron chi connectivity index (χ2n) is 7.65. The third kappa shape index (κ3) is 2.78. The Morgan fingerprint density at radius 1 is 1.20 bits per heavy atom. The van der Waals surface area contributed by atoms with E-state index in [1.807, 2.05) is 7.11 Å². The summed E-state index contributed by atoms with van der Waals surface area (Å²) < 4.78 is 6.09. The van der Waals surface area contributed by atoms with Crippen molar-refractivity contribution in [1.82, 2.24) is 5.32 Å². The lowest BCUT2D eigenvalue weighted by atomic mass is 9.79. The maximum atomic E-state index is 6.09. The molecule has 4 unspecified atom stereocenters. The van der Waals surface area contributed by atoms with E-state index in [9.17, 15) is 0 Å². The monoisotopic (exact) mass is 279 g/mol. The highest BCUT2D eigenvalue weighted by Gasteiger charge is 2.46. The van der Waals surface area contributed by atoms with E-state index in [4.69, 9.17) is 4.74 Å². The molecule has 0 aromatic carbocycles. The second-order valence-corrected chi connectivity index (χ2v) is 7.65. The van der Waals surface area contributed by atoms with Crippen LogP contribution in [-0.4, -0.2) is 25.3 Å². The molecule has 0 heterocycles. The van der Waals surface area contributed by atoms with Gasteiger partial charge in [-0.25, -0.2) is 0 Å². The summed E-state index contributed by atoms with van der Waals surface area (Å²) in [6.07, 6.45) is 13.9. The van der Waals surface area contributed by atoms with Crippen LogP contribution in [-0.2, 0) is 4.74 Å². The molecule has 0 aromatic rings. The van der Waals surface area contributed by atoms with Gasteiger partial charge in [-0.3, -0.25) is 0 Å². The molecule has 2 heteroatoms. The third-order valence-corrected chi connectivity index (χ3v) is 6.56. The van der Waals surface area contributed by atoms with Gasteiger partial charge in [0.1, 0.15) is 0 Å². The summed E-state index contributed by atoms with van der Waals surface area (Å²) in [6, 6.07) is 0.597. The van der Waals surface area contributed by atoms with E-state index in [0.717, 1.165) is 24.3 Å². The molecule has 0 amide bonds. The van der Waals surface area contributed by atoms with Gasteiger partial charge in [0.15, 0.2) is 0 Å². The lowest BCUT2D eigenvalue weighted by Gasteiger charge is -2.40. The molecule has 4 atom stereocenters. The number of nitrogens with one attached hydrogen (secondary N) is 1. The van der Waals surface area contributed by atoms with Crippen LogP contribution in [0.5, 0.6) is 0 Å². The minimum Gasteiger partial charge on any atom is -0.377 e. The first-order chi connectivity index (χ1) is 9.77. The van der Waals surface area contributed by atoms with Crippen LogP contribution in [0.25, 0.3) is 0 Å². The maximum absolute atomic E-state index is 6.09. The van der Waals surface area contributed by atoms with Crippen LogP contribution >= 0.6 is 0 Å². The van der Waals surface area contributed by atoms with Crippen LogP contribution in [0, 0.1) is 17.8 Å². The van der Waals surface area contributed by atoms with Crippen LogP contribution in [0.15, 0.2) is 0 Å². The highest BCUT2D eigenvalue weighted by molar-refractivity contribution is 5.00. The molecule has 1 N–H and O–H groups in total. The molecule has 0 spiro atoms. The first-order valence-corrected chi connectivity index (χ1v) is 9.06. The van der Waals surface area contributed by atoms with Gasteiger partial charge in [0.2, 0.25) is 0 Å². The Bertz CT molecular complexity index is 311. The number of methoxy groups -OCH3 is 1. The SMILES string of the molecule is CCCNC(CC1CC2CCC1C2)C1(OC)CCCC1. The topological polar surface area (TPSA) is 21.3 Å². The van der Waals surface area contributed by atoms with Gasteiger partial charge in [-0.2, -0.15) is 0 Å². The first kappa shape index (κ1) is 14.8. The standard InChI is InChI=1S/C18H33NO/c1-3-10-19-17(18(20-2)8-4-5-9-18)13-16-12-14-6-7-15(16)11-14/h14-17,19H,3-13H2,1-2H3. The van der Waals surface area contributed by atoms with Gasteiger partial charge in [-0.1, -0.05) is 26.2 Å². The fourth-order valence-electron chi connectivity index (χ4n) is 5.44. The number of hydrogen-bond acceptors (Lipinski definition) is 2. The summed E-state index contributed by atoms with van der Waals surface area (Å²) >= 11 is 0. The van der Waals surface area contributed by atoms with Crippen molar-refractivity contribution in [3.8, 4) is 0 Å². The molecule has 3 rings (SSSR count). The second kappa shape index (κ2) is 6.36. The van der Waals surface area contributed by atoms with Crippen molar-refractivity contribution in [2.45, 2.75) is 82.8 Å². The fraction of sp³-hybridized carbons (Fsp3) is 1.00. The molecular formula is C18H33NO. The van der Waals surface area contributed by atoms with Gasteiger partial charge < -0.3 is 10.1 Å². The lowest BCUT2D eigenvalue weighted by molar-refractivity contribution is -0.0435. The average molecular weight is 279 g/mol. The number of fused-ring (bicyclic) bond motifs is 2. The van der Waals surface area contributed by atoms with Gasteiger partial charge in [-0.15, -0.1) is 0 Å². The minimum absolute atomic E-state index is 0.150. The van der Waals surface area contributed by atoms with Crippen molar-refractivity contribution < 1.29 is 4.74 Å². The average Bonchev–Trinajstić information content (AvgIpc) is 3.19. The van der Waals surface area contributed by atoms with Gasteiger partial charge in [0.05, 0.1) is 5.60 Å². The predicted molar refractivity (Wildman–Crippen MR) is 83.8 cm³/mol. The van der Waals surface area contributed by atoms with Gasteiger partial charge >= 0.3 is 0 Å². The molecule has 20 heavy (non-hydrogen) atoms. The Morgan fingerprint density at radius 3 is 2.55 bits per heavy atom. The van der Waals surface area contributed by atoms with Crippen molar-refractivity contribution in [2.75, 3.05) is 13.7 Å². The van der Waals surface area contributed by atoms with Crippen LogP contribution in [0.3, 0.4) is 0 Å². The number of ether oxygens (including phenoxy) is 1. The molecule has 3 fully saturated rings. The molecule has 2 nitrogen and oxygen atoms in total. The molecule has 2 bridgehead atoms. The highest BCUT2D eigenvalue weighted by atomic mass is 16.5. The Morgan fingerprint density at radius 2 is 2.00 bits per heavy atom. The van der Waals surface area contributed by atoms with Crippen molar-refractivity contribution in [1.29, 1.82) is 0 Å². The van der Waals surface area contributed by atoms with Crippen molar-refractivity contribution in [2.24, 2.45) is 17.8 Å². The molecule has 3 aliphatic carbocycles. The Hall–Kier alpha value is -0.0800. The molecule has 0 radical (unpaired) electrons. The fourth-order valence-corrected chi connectivity index (χ4v) is 5.44. The van der Waals surface area contributed by atoms with Gasteiger partial charge in [0.25, 0.3) is 0 Å². The van der Waals surface area contributed by atoms with Crippen molar-refractivity contribution in [3.05, 3.63) is 0 Å². The Balaban J connectivity index is 1.66. The Kier molecular flexibility index (Phi) is 4.72. The third-order valence-electron chi connectivity index (χ3n) is 6.56. The molecular weight excluding hydrogens is 246 g/mol. The molecule has 3 saturated carbocycles. The largest absolute Gasteiger partial charge is 0.377 e. The van der Waals surface area contributed by atoms with E-state index in [1.54, 1.807) is 0 Å². The van der Waals surface area contributed by atoms with E-state index in [1.165, 1.54) is 64.2 Å². The number of hydrogen-bond donors (Lipinski definition) is 1. The zero-order chi connectivity index (χ0) is 14.0. The molecule has 0 saturated heterocycles. The van der Waals surface area contributed by atoms with Gasteiger partial charge in [0, 0.05) is 13.2 Å². The number of rotatable bonds is 7. The quantitative estimate of drug-likeness (QED) is 0.756. The molecule has 0 aliphatic heterocycles. The first-order valence-electron chi connectivity index (χ1n) is 9.06. The van der Waals surface area contributed by atoms with E-state index >= 15 is 0 Å². The smallest absolute Gasteiger partial charge is 0.0831 e. The summed E-state index contributed by atoms with van der Waals surface area (Å²) in [5, 5.41) is 3.86. The van der Waals surface area contributed by atoms with Crippen LogP contribution in [0.2, 0.25) is 0 Å². The summed E-state index contributed by atoms with van der Waals surface area (Å²) in [6.45, 7) is 3.42. The van der Waals surface area contributed by atoms with Crippen molar-refractivity contribution in [3.63, 3.8) is 0 Å². The van der Waals surface area contributed by atoms with Crippen LogP contribution in [0.1, 0.15) is 71.1 Å². The highest BCUT2D eigenvalue weighted by Crippen LogP contribution is 2.51. The summed E-state index contributed by atoms with van der Waals surface area (Å²) in [7, 11) is 1.95. The summed E-state index contributed by atoms with van der Waals surface area (Å²) in [5.41, 5.74) is 0.150. The maximum Gasteiger partial charge on any atom is 0.0831 e. The van der Waals surface area contributed by atoms with Crippen LogP contribution in [0.4, 0.5) is 0 Å². The van der Waals surface area contributed by atoms with E-state index in [-0.39, 0.29) is 5.60 Å². The molecule has 0 aromatic heterocycles. The Labute approximate surface area is 125 Å². The zero-order valence-corrected chi connectivity index (χ0v) is 13.5. The van der Waals surface area contributed by atoms with E-state index in [2.05, 4.69) is 12.2 Å². The van der Waals surface area contributed by atoms with E-state index < -0.39 is 0 Å². The lowest BCUT2D eigenvalue weighted by Crippen LogP contribution is -2.51. The summed E-state index contributed by atoms with van der Waals surface area (Å²) in [4.78, 5) is 0. The zero-order valence-electron chi connectivity index (χ0n) is 13.5.